The summed E-state index contributed by atoms with van der Waals surface area (Å²) < 4.78 is 16.7. The SMILES string of the molecule is COc1ncc(N2CCOc3ccc(OC#CC4CCN(C(=O)c5ccncc5)C4)cc32)cc1C#N. The normalized spacial score (nSPS) is 16.2. The summed E-state index contributed by atoms with van der Waals surface area (Å²) in [5.74, 6) is 4.73. The van der Waals surface area contributed by atoms with Crippen LogP contribution in [0.2, 0.25) is 0 Å². The monoisotopic (exact) mass is 481 g/mol. The smallest absolute Gasteiger partial charge is 0.254 e. The van der Waals surface area contributed by atoms with Gasteiger partial charge in [0.05, 0.1) is 31.2 Å². The number of pyridine rings is 2. The Morgan fingerprint density at radius 3 is 2.86 bits per heavy atom. The summed E-state index contributed by atoms with van der Waals surface area (Å²) in [6.07, 6.45) is 8.51. The van der Waals surface area contributed by atoms with Gasteiger partial charge in [0, 0.05) is 43.0 Å². The van der Waals surface area contributed by atoms with Gasteiger partial charge >= 0.3 is 0 Å². The van der Waals surface area contributed by atoms with E-state index in [-0.39, 0.29) is 17.7 Å². The fourth-order valence-electron chi connectivity index (χ4n) is 4.27. The van der Waals surface area contributed by atoms with E-state index in [1.165, 1.54) is 7.11 Å². The number of aromatic nitrogens is 2. The Balaban J connectivity index is 1.28. The number of likely N-dealkylation sites (tertiary alicyclic amines) is 1. The third kappa shape index (κ3) is 4.73. The summed E-state index contributed by atoms with van der Waals surface area (Å²) in [6, 6.07) is 12.8. The molecular weight excluding hydrogens is 458 g/mol. The summed E-state index contributed by atoms with van der Waals surface area (Å²) in [5, 5.41) is 9.43. The van der Waals surface area contributed by atoms with E-state index in [4.69, 9.17) is 14.2 Å². The molecule has 9 heteroatoms. The van der Waals surface area contributed by atoms with Crippen LogP contribution in [0.25, 0.3) is 0 Å². The van der Waals surface area contributed by atoms with Crippen molar-refractivity contribution in [3.8, 4) is 35.5 Å². The molecule has 0 spiro atoms. The minimum absolute atomic E-state index is 0.00928. The van der Waals surface area contributed by atoms with E-state index in [0.29, 0.717) is 48.9 Å². The van der Waals surface area contributed by atoms with Crippen molar-refractivity contribution in [2.24, 2.45) is 5.92 Å². The highest BCUT2D eigenvalue weighted by Crippen LogP contribution is 2.39. The Morgan fingerprint density at radius 1 is 1.19 bits per heavy atom. The van der Waals surface area contributed by atoms with Gasteiger partial charge in [0.1, 0.15) is 35.8 Å². The number of rotatable bonds is 4. The number of hydrogen-bond acceptors (Lipinski definition) is 8. The molecule has 0 saturated carbocycles. The lowest BCUT2D eigenvalue weighted by atomic mass is 10.1. The maximum atomic E-state index is 12.6. The summed E-state index contributed by atoms with van der Waals surface area (Å²) in [5.41, 5.74) is 2.54. The number of carbonyl (C=O) groups excluding carboxylic acids is 1. The molecule has 1 atom stereocenters. The molecule has 36 heavy (non-hydrogen) atoms. The largest absolute Gasteiger partial charge is 0.490 e. The third-order valence-corrected chi connectivity index (χ3v) is 6.09. The van der Waals surface area contributed by atoms with Crippen LogP contribution in [0.3, 0.4) is 0 Å². The average Bonchev–Trinajstić information content (AvgIpc) is 3.41. The number of methoxy groups -OCH3 is 1. The predicted octanol–water partition coefficient (Wildman–Crippen LogP) is 3.39. The third-order valence-electron chi connectivity index (χ3n) is 6.09. The van der Waals surface area contributed by atoms with Crippen LogP contribution in [0, 0.1) is 29.3 Å². The highest BCUT2D eigenvalue weighted by Gasteiger charge is 2.26. The van der Waals surface area contributed by atoms with Crippen molar-refractivity contribution in [3.63, 3.8) is 0 Å². The molecule has 4 heterocycles. The Labute approximate surface area is 208 Å². The Hall–Kier alpha value is -4.76. The van der Waals surface area contributed by atoms with E-state index in [1.54, 1.807) is 47.8 Å². The number of hydrogen-bond donors (Lipinski definition) is 0. The standard InChI is InChI=1S/C27H23N5O4/c1-34-26-21(16-28)14-22(17-30-26)32-11-13-36-25-3-2-23(15-24(25)32)35-12-7-19-6-10-31(18-19)27(33)20-4-8-29-9-5-20/h2-5,8-9,14-15,17,19H,6,10-11,13,18H2,1H3. The van der Waals surface area contributed by atoms with E-state index in [2.05, 4.69) is 28.1 Å². The van der Waals surface area contributed by atoms with Gasteiger partial charge in [0.25, 0.3) is 5.91 Å². The molecule has 1 aromatic carbocycles. The summed E-state index contributed by atoms with van der Waals surface area (Å²) in [6.45, 7) is 2.31. The van der Waals surface area contributed by atoms with Gasteiger partial charge in [-0.05, 0) is 36.8 Å². The lowest BCUT2D eigenvalue weighted by molar-refractivity contribution is 0.0789. The van der Waals surface area contributed by atoms with Crippen LogP contribution in [0.4, 0.5) is 11.4 Å². The molecular formula is C27H23N5O4. The van der Waals surface area contributed by atoms with E-state index >= 15 is 0 Å². The van der Waals surface area contributed by atoms with E-state index in [0.717, 1.165) is 17.8 Å². The Morgan fingerprint density at radius 2 is 2.06 bits per heavy atom. The fraction of sp³-hybridized carbons (Fsp3) is 0.259. The molecule has 1 fully saturated rings. The van der Waals surface area contributed by atoms with Gasteiger partial charge in [-0.2, -0.15) is 5.26 Å². The molecule has 0 aliphatic carbocycles. The molecule has 2 aromatic heterocycles. The van der Waals surface area contributed by atoms with Crippen LogP contribution < -0.4 is 19.1 Å². The molecule has 0 N–H and O–H groups in total. The van der Waals surface area contributed by atoms with Gasteiger partial charge in [-0.3, -0.25) is 9.78 Å². The molecule has 1 amide bonds. The van der Waals surface area contributed by atoms with Crippen molar-refractivity contribution < 1.29 is 19.0 Å². The molecule has 1 unspecified atom stereocenters. The number of benzene rings is 1. The van der Waals surface area contributed by atoms with Gasteiger partial charge in [-0.25, -0.2) is 4.98 Å². The van der Waals surface area contributed by atoms with Crippen LogP contribution in [0.15, 0.2) is 55.0 Å². The number of amides is 1. The first kappa shape index (κ1) is 23.0. The van der Waals surface area contributed by atoms with Gasteiger partial charge in [0.2, 0.25) is 5.88 Å². The van der Waals surface area contributed by atoms with Crippen LogP contribution in [-0.2, 0) is 0 Å². The molecule has 2 aliphatic rings. The molecule has 0 radical (unpaired) electrons. The first-order valence-corrected chi connectivity index (χ1v) is 11.5. The Kier molecular flexibility index (Phi) is 6.55. The van der Waals surface area contributed by atoms with Crippen molar-refractivity contribution in [1.29, 1.82) is 5.26 Å². The van der Waals surface area contributed by atoms with Gasteiger partial charge < -0.3 is 24.0 Å². The molecule has 0 bridgehead atoms. The minimum atomic E-state index is -0.00928. The lowest BCUT2D eigenvalue weighted by Crippen LogP contribution is -2.28. The minimum Gasteiger partial charge on any atom is -0.490 e. The van der Waals surface area contributed by atoms with Crippen molar-refractivity contribution in [2.45, 2.75) is 6.42 Å². The second-order valence-electron chi connectivity index (χ2n) is 8.31. The first-order chi connectivity index (χ1) is 17.7. The number of ether oxygens (including phenoxy) is 3. The zero-order chi connectivity index (χ0) is 24.9. The zero-order valence-electron chi connectivity index (χ0n) is 19.7. The lowest BCUT2D eigenvalue weighted by Gasteiger charge is -2.31. The quantitative estimate of drug-likeness (QED) is 0.523. The van der Waals surface area contributed by atoms with E-state index < -0.39 is 0 Å². The van der Waals surface area contributed by atoms with Crippen LogP contribution in [0.5, 0.6) is 17.4 Å². The van der Waals surface area contributed by atoms with E-state index in [1.807, 2.05) is 17.0 Å². The second kappa shape index (κ2) is 10.2. The van der Waals surface area contributed by atoms with Crippen molar-refractivity contribution in [1.82, 2.24) is 14.9 Å². The molecule has 1 saturated heterocycles. The number of nitrogens with zero attached hydrogens (tertiary/aromatic N) is 5. The van der Waals surface area contributed by atoms with Crippen molar-refractivity contribution in [3.05, 3.63) is 66.1 Å². The second-order valence-corrected chi connectivity index (χ2v) is 8.31. The molecule has 180 valence electrons. The average molecular weight is 482 g/mol. The van der Waals surface area contributed by atoms with Gasteiger partial charge in [-0.1, -0.05) is 5.92 Å². The Bertz CT molecular complexity index is 1380. The summed E-state index contributed by atoms with van der Waals surface area (Å²) in [7, 11) is 1.49. The maximum Gasteiger partial charge on any atom is 0.254 e. The van der Waals surface area contributed by atoms with Crippen LogP contribution >= 0.6 is 0 Å². The van der Waals surface area contributed by atoms with Crippen LogP contribution in [0.1, 0.15) is 22.3 Å². The number of fused-ring (bicyclic) bond motifs is 1. The van der Waals surface area contributed by atoms with Crippen molar-refractivity contribution in [2.75, 3.05) is 38.3 Å². The molecule has 5 rings (SSSR count). The van der Waals surface area contributed by atoms with Crippen LogP contribution in [-0.4, -0.2) is 54.1 Å². The number of anilines is 2. The molecule has 2 aliphatic heterocycles. The summed E-state index contributed by atoms with van der Waals surface area (Å²) in [4.78, 5) is 24.7. The summed E-state index contributed by atoms with van der Waals surface area (Å²) >= 11 is 0. The first-order valence-electron chi connectivity index (χ1n) is 11.5. The fourth-order valence-corrected chi connectivity index (χ4v) is 4.27. The highest BCUT2D eigenvalue weighted by atomic mass is 16.5. The number of nitriles is 1. The van der Waals surface area contributed by atoms with Gasteiger partial charge in [-0.15, -0.1) is 0 Å². The van der Waals surface area contributed by atoms with Gasteiger partial charge in [0.15, 0.2) is 0 Å². The number of carbonyl (C=O) groups is 1. The van der Waals surface area contributed by atoms with E-state index in [9.17, 15) is 10.1 Å². The topological polar surface area (TPSA) is 101 Å². The predicted molar refractivity (Wildman–Crippen MR) is 131 cm³/mol. The maximum absolute atomic E-state index is 12.6. The molecule has 3 aromatic rings. The molecule has 9 nitrogen and oxygen atoms in total. The highest BCUT2D eigenvalue weighted by molar-refractivity contribution is 5.94. The zero-order valence-corrected chi connectivity index (χ0v) is 19.7. The van der Waals surface area contributed by atoms with Crippen molar-refractivity contribution >= 4 is 17.3 Å².